The molecule has 0 spiro atoms. The van der Waals surface area contributed by atoms with E-state index in [1.54, 1.807) is 0 Å². The summed E-state index contributed by atoms with van der Waals surface area (Å²) in [6.07, 6.45) is -0.957. The van der Waals surface area contributed by atoms with E-state index in [0.717, 1.165) is 6.92 Å². The van der Waals surface area contributed by atoms with Crippen LogP contribution in [0.5, 0.6) is 0 Å². The summed E-state index contributed by atoms with van der Waals surface area (Å²) < 4.78 is 21.6. The molecule has 0 fully saturated rings. The Hall–Kier alpha value is -0.0700. The van der Waals surface area contributed by atoms with Gasteiger partial charge in [0.15, 0.2) is 11.7 Å². The van der Waals surface area contributed by atoms with Crippen molar-refractivity contribution in [2.24, 2.45) is 0 Å². The monoisotopic (exact) mass is 276 g/mol. The molecule has 0 aliphatic carbocycles. The van der Waals surface area contributed by atoms with E-state index in [1.165, 1.54) is 0 Å². The number of rotatable bonds is 6. The van der Waals surface area contributed by atoms with Crippen LogP contribution in [0, 0.1) is 0 Å². The molecule has 0 radical (unpaired) electrons. The molecule has 0 aliphatic rings. The van der Waals surface area contributed by atoms with Crippen LogP contribution in [0.1, 0.15) is 19.8 Å². The van der Waals surface area contributed by atoms with Gasteiger partial charge in [-0.3, -0.25) is 9.13 Å². The molecule has 0 aromatic carbocycles. The third-order valence-electron chi connectivity index (χ3n) is 1.94. The fourth-order valence-corrected chi connectivity index (χ4v) is 3.51. The van der Waals surface area contributed by atoms with Crippen molar-refractivity contribution in [2.45, 2.75) is 30.8 Å². The summed E-state index contributed by atoms with van der Waals surface area (Å²) in [4.78, 5) is 45.2. The number of hydrogen-bond donors (Lipinski definition) is 5. The average molecular weight is 276 g/mol. The van der Waals surface area contributed by atoms with Crippen LogP contribution >= 0.6 is 15.2 Å². The predicted molar refractivity (Wildman–Crippen MR) is 53.8 cm³/mol. The van der Waals surface area contributed by atoms with Gasteiger partial charge in [-0.2, -0.15) is 0 Å². The summed E-state index contributed by atoms with van der Waals surface area (Å²) in [5, 5.41) is 7.04. The van der Waals surface area contributed by atoms with Crippen LogP contribution in [0.15, 0.2) is 0 Å². The average Bonchev–Trinajstić information content (AvgIpc) is 1.99. The molecule has 0 amide bonds. The highest BCUT2D eigenvalue weighted by molar-refractivity contribution is 7.70. The van der Waals surface area contributed by atoms with Gasteiger partial charge in [0.2, 0.25) is 0 Å². The van der Waals surface area contributed by atoms with Crippen molar-refractivity contribution in [2.75, 3.05) is 0 Å². The minimum Gasteiger partial charge on any atom is -0.383 e. The second-order valence-corrected chi connectivity index (χ2v) is 7.68. The number of carbonyl (C=O) groups is 1. The minimum atomic E-state index is -4.98. The van der Waals surface area contributed by atoms with Crippen LogP contribution in [-0.4, -0.2) is 42.0 Å². The van der Waals surface area contributed by atoms with E-state index in [4.69, 9.17) is 19.6 Å². The molecule has 0 rings (SSSR count). The van der Waals surface area contributed by atoms with Gasteiger partial charge in [0, 0.05) is 0 Å². The molecule has 0 heterocycles. The molecule has 0 aliphatic heterocycles. The molecule has 10 heteroatoms. The Morgan fingerprint density at radius 3 is 1.81 bits per heavy atom. The van der Waals surface area contributed by atoms with Crippen molar-refractivity contribution in [3.05, 3.63) is 0 Å². The Morgan fingerprint density at radius 1 is 1.19 bits per heavy atom. The standard InChI is InChI=1S/C6H14O8P2/c1-6(8,4-7)3-2-5(15(9,10)11)16(12,13)14/h4-5,8H,2-3H2,1H3,(H2,9,10,11)(H2,12,13,14). The first-order valence-corrected chi connectivity index (χ1v) is 7.55. The zero-order valence-corrected chi connectivity index (χ0v) is 10.2. The number of aldehydes is 1. The fraction of sp³-hybridized carbons (Fsp3) is 0.833. The summed E-state index contributed by atoms with van der Waals surface area (Å²) in [5.41, 5.74) is -1.86. The quantitative estimate of drug-likeness (QED) is 0.318. The zero-order chi connectivity index (χ0) is 13.2. The Labute approximate surface area is 91.6 Å². The van der Waals surface area contributed by atoms with Crippen LogP contribution in [0.4, 0.5) is 0 Å². The van der Waals surface area contributed by atoms with Gasteiger partial charge < -0.3 is 29.5 Å². The van der Waals surface area contributed by atoms with E-state index >= 15 is 0 Å². The highest BCUT2D eigenvalue weighted by Gasteiger charge is 2.43. The van der Waals surface area contributed by atoms with Gasteiger partial charge in [0.1, 0.15) is 5.60 Å². The van der Waals surface area contributed by atoms with Crippen molar-refractivity contribution in [1.29, 1.82) is 0 Å². The second-order valence-electron chi connectivity index (χ2n) is 3.67. The Kier molecular flexibility index (Phi) is 5.04. The molecule has 5 N–H and O–H groups in total. The van der Waals surface area contributed by atoms with Gasteiger partial charge in [0.25, 0.3) is 0 Å². The van der Waals surface area contributed by atoms with Crippen LogP contribution in [0.2, 0.25) is 0 Å². The molecule has 0 aromatic heterocycles. The van der Waals surface area contributed by atoms with E-state index in [9.17, 15) is 19.0 Å². The summed E-state index contributed by atoms with van der Waals surface area (Å²) >= 11 is 0. The maximum Gasteiger partial charge on any atom is 0.340 e. The van der Waals surface area contributed by atoms with E-state index in [2.05, 4.69) is 0 Å². The normalized spacial score (nSPS) is 17.2. The summed E-state index contributed by atoms with van der Waals surface area (Å²) in [6, 6.07) is 0. The van der Waals surface area contributed by atoms with Crippen molar-refractivity contribution < 1.29 is 38.6 Å². The predicted octanol–water partition coefficient (Wildman–Crippen LogP) is -0.602. The molecular weight excluding hydrogens is 262 g/mol. The van der Waals surface area contributed by atoms with Crippen molar-refractivity contribution in [3.63, 3.8) is 0 Å². The van der Waals surface area contributed by atoms with Gasteiger partial charge >= 0.3 is 15.2 Å². The SMILES string of the molecule is CC(O)(C=O)CCC(P(=O)(O)O)P(=O)(O)O. The zero-order valence-electron chi connectivity index (χ0n) is 8.42. The van der Waals surface area contributed by atoms with E-state index in [-0.39, 0.29) is 6.29 Å². The van der Waals surface area contributed by atoms with Crippen LogP contribution in [0.3, 0.4) is 0 Å². The number of hydrogen-bond acceptors (Lipinski definition) is 4. The Bertz CT molecular complexity index is 316. The number of carbonyl (C=O) groups excluding carboxylic acids is 1. The first-order valence-electron chi connectivity index (χ1n) is 4.19. The molecule has 96 valence electrons. The van der Waals surface area contributed by atoms with Gasteiger partial charge in [-0.1, -0.05) is 0 Å². The lowest BCUT2D eigenvalue weighted by Gasteiger charge is -2.22. The van der Waals surface area contributed by atoms with Crippen LogP contribution < -0.4 is 0 Å². The highest BCUT2D eigenvalue weighted by Crippen LogP contribution is 2.61. The first kappa shape index (κ1) is 15.9. The van der Waals surface area contributed by atoms with Crippen LogP contribution in [-0.2, 0) is 13.9 Å². The van der Waals surface area contributed by atoms with E-state index in [0.29, 0.717) is 0 Å². The molecule has 0 saturated carbocycles. The fourth-order valence-electron chi connectivity index (χ4n) is 1.01. The molecule has 0 saturated heterocycles. The maximum absolute atomic E-state index is 10.8. The lowest BCUT2D eigenvalue weighted by molar-refractivity contribution is -0.123. The third kappa shape index (κ3) is 5.32. The summed E-state index contributed by atoms with van der Waals surface area (Å²) in [7, 11) is -9.97. The largest absolute Gasteiger partial charge is 0.383 e. The first-order chi connectivity index (χ1) is 6.90. The van der Waals surface area contributed by atoms with Gasteiger partial charge in [0.05, 0.1) is 0 Å². The molecule has 1 unspecified atom stereocenters. The molecule has 0 bridgehead atoms. The molecule has 0 aromatic rings. The topological polar surface area (TPSA) is 152 Å². The molecule has 8 nitrogen and oxygen atoms in total. The van der Waals surface area contributed by atoms with Crippen molar-refractivity contribution >= 4 is 21.5 Å². The second kappa shape index (κ2) is 5.06. The van der Waals surface area contributed by atoms with E-state index in [1.807, 2.05) is 0 Å². The lowest BCUT2D eigenvalue weighted by atomic mass is 10.0. The van der Waals surface area contributed by atoms with Crippen molar-refractivity contribution in [1.82, 2.24) is 0 Å². The Morgan fingerprint density at radius 2 is 1.56 bits per heavy atom. The summed E-state index contributed by atoms with van der Waals surface area (Å²) in [6.45, 7) is 1.08. The summed E-state index contributed by atoms with van der Waals surface area (Å²) in [5.74, 6) is 0. The van der Waals surface area contributed by atoms with Crippen molar-refractivity contribution in [3.8, 4) is 0 Å². The van der Waals surface area contributed by atoms with Gasteiger partial charge in [-0.25, -0.2) is 0 Å². The Balaban J connectivity index is 4.81. The molecule has 16 heavy (non-hydrogen) atoms. The van der Waals surface area contributed by atoms with Gasteiger partial charge in [-0.05, 0) is 19.8 Å². The lowest BCUT2D eigenvalue weighted by Crippen LogP contribution is -2.27. The maximum atomic E-state index is 10.8. The number of aliphatic hydroxyl groups is 1. The smallest absolute Gasteiger partial charge is 0.340 e. The minimum absolute atomic E-state index is 0.142. The molecule has 1 atom stereocenters. The van der Waals surface area contributed by atoms with Gasteiger partial charge in [-0.15, -0.1) is 0 Å². The third-order valence-corrected chi connectivity index (χ3v) is 5.81. The van der Waals surface area contributed by atoms with Crippen LogP contribution in [0.25, 0.3) is 0 Å². The molecular formula is C6H14O8P2. The highest BCUT2D eigenvalue weighted by atomic mass is 31.2. The van der Waals surface area contributed by atoms with E-state index < -0.39 is 39.0 Å².